The monoisotopic (exact) mass is 435 g/mol. The molecule has 1 amide bonds. The van der Waals surface area contributed by atoms with E-state index in [2.05, 4.69) is 20.8 Å². The first kappa shape index (κ1) is 21.8. The van der Waals surface area contributed by atoms with E-state index in [4.69, 9.17) is 0 Å². The molecule has 1 heterocycles. The van der Waals surface area contributed by atoms with Crippen molar-refractivity contribution in [2.24, 2.45) is 5.92 Å². The molecular weight excluding hydrogens is 415 g/mol. The van der Waals surface area contributed by atoms with Crippen molar-refractivity contribution in [1.29, 1.82) is 0 Å². The number of aromatic nitrogens is 4. The topological polar surface area (TPSA) is 72.7 Å². The van der Waals surface area contributed by atoms with Gasteiger partial charge in [-0.2, -0.15) is 17.9 Å². The molecule has 1 unspecified atom stereocenters. The van der Waals surface area contributed by atoms with Crippen molar-refractivity contribution < 1.29 is 18.0 Å². The number of hydrogen-bond donors (Lipinski definition) is 1. The molecule has 3 aromatic rings. The summed E-state index contributed by atoms with van der Waals surface area (Å²) in [5.74, 6) is -0.735. The minimum Gasteiger partial charge on any atom is -0.325 e. The van der Waals surface area contributed by atoms with Gasteiger partial charge in [-0.1, -0.05) is 55.4 Å². The zero-order valence-electron chi connectivity index (χ0n) is 16.5. The number of anilines is 1. The lowest BCUT2D eigenvalue weighted by molar-refractivity contribution is -0.137. The van der Waals surface area contributed by atoms with Crippen LogP contribution in [0.2, 0.25) is 0 Å². The zero-order chi connectivity index (χ0) is 21.9. The van der Waals surface area contributed by atoms with E-state index in [-0.39, 0.29) is 11.6 Å². The number of para-hydroxylation sites is 1. The molecule has 1 atom stereocenters. The SMILES string of the molecule is Cc1ccc(-n2nnnc2SC(C(=O)Nc2ccccc2C(F)(F)F)C(C)C)cc1. The molecule has 0 fully saturated rings. The number of tetrazole rings is 1. The predicted molar refractivity (Wildman–Crippen MR) is 108 cm³/mol. The zero-order valence-corrected chi connectivity index (χ0v) is 17.3. The van der Waals surface area contributed by atoms with Crippen molar-refractivity contribution in [3.05, 3.63) is 59.7 Å². The number of thioether (sulfide) groups is 1. The van der Waals surface area contributed by atoms with Crippen molar-refractivity contribution in [1.82, 2.24) is 20.2 Å². The van der Waals surface area contributed by atoms with Crippen LogP contribution in [0.4, 0.5) is 18.9 Å². The van der Waals surface area contributed by atoms with Gasteiger partial charge in [0.25, 0.3) is 0 Å². The van der Waals surface area contributed by atoms with Crippen molar-refractivity contribution in [3.63, 3.8) is 0 Å². The molecule has 0 bridgehead atoms. The van der Waals surface area contributed by atoms with Crippen LogP contribution >= 0.6 is 11.8 Å². The lowest BCUT2D eigenvalue weighted by Crippen LogP contribution is -2.30. The standard InChI is InChI=1S/C20H20F3N5OS/c1-12(2)17(18(29)24-16-7-5-4-6-15(16)20(21,22)23)30-19-25-26-27-28(19)14-10-8-13(3)9-11-14/h4-12,17H,1-3H3,(H,24,29). The van der Waals surface area contributed by atoms with Crippen LogP contribution in [0.5, 0.6) is 0 Å². The Morgan fingerprint density at radius 1 is 1.10 bits per heavy atom. The molecule has 2 aromatic carbocycles. The van der Waals surface area contributed by atoms with E-state index in [0.29, 0.717) is 5.16 Å². The van der Waals surface area contributed by atoms with Crippen LogP contribution < -0.4 is 5.32 Å². The van der Waals surface area contributed by atoms with Crippen LogP contribution in [0.1, 0.15) is 25.0 Å². The Labute approximate surface area is 175 Å². The predicted octanol–water partition coefficient (Wildman–Crippen LogP) is 4.74. The molecule has 6 nitrogen and oxygen atoms in total. The number of carbonyl (C=O) groups is 1. The van der Waals surface area contributed by atoms with Gasteiger partial charge in [-0.05, 0) is 47.5 Å². The van der Waals surface area contributed by atoms with Gasteiger partial charge in [-0.15, -0.1) is 5.10 Å². The highest BCUT2D eigenvalue weighted by Gasteiger charge is 2.35. The molecule has 0 aliphatic rings. The Balaban J connectivity index is 1.84. The Kier molecular flexibility index (Phi) is 6.45. The van der Waals surface area contributed by atoms with E-state index in [0.717, 1.165) is 29.1 Å². The number of rotatable bonds is 6. The van der Waals surface area contributed by atoms with Gasteiger partial charge in [-0.25, -0.2) is 0 Å². The summed E-state index contributed by atoms with van der Waals surface area (Å²) in [6.45, 7) is 5.58. The summed E-state index contributed by atoms with van der Waals surface area (Å²) < 4.78 is 41.2. The quantitative estimate of drug-likeness (QED) is 0.566. The number of halogens is 3. The second kappa shape index (κ2) is 8.86. The number of aryl methyl sites for hydroxylation is 1. The van der Waals surface area contributed by atoms with Gasteiger partial charge in [0, 0.05) is 0 Å². The normalized spacial score (nSPS) is 12.8. The first-order chi connectivity index (χ1) is 14.2. The summed E-state index contributed by atoms with van der Waals surface area (Å²) in [5, 5.41) is 13.7. The van der Waals surface area contributed by atoms with E-state index in [1.54, 1.807) is 0 Å². The molecule has 1 N–H and O–H groups in total. The van der Waals surface area contributed by atoms with Crippen LogP contribution in [0.15, 0.2) is 53.7 Å². The van der Waals surface area contributed by atoms with Gasteiger partial charge < -0.3 is 5.32 Å². The van der Waals surface area contributed by atoms with E-state index in [9.17, 15) is 18.0 Å². The highest BCUT2D eigenvalue weighted by Crippen LogP contribution is 2.35. The van der Waals surface area contributed by atoms with Crippen molar-refractivity contribution in [2.45, 2.75) is 37.4 Å². The van der Waals surface area contributed by atoms with Crippen molar-refractivity contribution >= 4 is 23.4 Å². The Morgan fingerprint density at radius 3 is 2.40 bits per heavy atom. The third-order valence-electron chi connectivity index (χ3n) is 4.31. The van der Waals surface area contributed by atoms with Crippen LogP contribution in [0, 0.1) is 12.8 Å². The van der Waals surface area contributed by atoms with Crippen LogP contribution in [0.3, 0.4) is 0 Å². The number of hydrogen-bond acceptors (Lipinski definition) is 5. The number of amides is 1. The Morgan fingerprint density at radius 2 is 1.77 bits per heavy atom. The molecule has 0 aliphatic carbocycles. The third kappa shape index (κ3) is 4.99. The van der Waals surface area contributed by atoms with E-state index >= 15 is 0 Å². The van der Waals surface area contributed by atoms with Gasteiger partial charge in [0.2, 0.25) is 11.1 Å². The first-order valence-electron chi connectivity index (χ1n) is 9.16. The fourth-order valence-corrected chi connectivity index (χ4v) is 3.74. The highest BCUT2D eigenvalue weighted by molar-refractivity contribution is 8.00. The molecular formula is C20H20F3N5OS. The summed E-state index contributed by atoms with van der Waals surface area (Å²) >= 11 is 1.10. The first-order valence-corrected chi connectivity index (χ1v) is 10.0. The van der Waals surface area contributed by atoms with Crippen LogP contribution in [-0.4, -0.2) is 31.4 Å². The van der Waals surface area contributed by atoms with E-state index in [1.165, 1.54) is 22.9 Å². The van der Waals surface area contributed by atoms with Crippen LogP contribution in [-0.2, 0) is 11.0 Å². The molecule has 0 saturated heterocycles. The van der Waals surface area contributed by atoms with Gasteiger partial charge in [0.1, 0.15) is 0 Å². The minimum absolute atomic E-state index is 0.184. The number of benzene rings is 2. The fourth-order valence-electron chi connectivity index (χ4n) is 2.75. The maximum atomic E-state index is 13.2. The summed E-state index contributed by atoms with van der Waals surface area (Å²) in [4.78, 5) is 12.9. The molecule has 0 spiro atoms. The van der Waals surface area contributed by atoms with Crippen LogP contribution in [0.25, 0.3) is 5.69 Å². The average molecular weight is 435 g/mol. The van der Waals surface area contributed by atoms with Gasteiger partial charge >= 0.3 is 6.18 Å². The molecule has 0 saturated carbocycles. The second-order valence-electron chi connectivity index (χ2n) is 7.02. The highest BCUT2D eigenvalue weighted by atomic mass is 32.2. The summed E-state index contributed by atoms with van der Waals surface area (Å²) in [7, 11) is 0. The minimum atomic E-state index is -4.57. The molecule has 158 valence electrons. The molecule has 3 rings (SSSR count). The summed E-state index contributed by atoms with van der Waals surface area (Å²) in [6, 6.07) is 12.4. The number of carbonyl (C=O) groups excluding carboxylic acids is 1. The lowest BCUT2D eigenvalue weighted by atomic mass is 10.1. The smallest absolute Gasteiger partial charge is 0.325 e. The molecule has 0 aliphatic heterocycles. The molecule has 0 radical (unpaired) electrons. The van der Waals surface area contributed by atoms with E-state index < -0.39 is 22.9 Å². The van der Waals surface area contributed by atoms with Crippen molar-refractivity contribution in [2.75, 3.05) is 5.32 Å². The largest absolute Gasteiger partial charge is 0.418 e. The molecule has 10 heteroatoms. The summed E-state index contributed by atoms with van der Waals surface area (Å²) in [5.41, 5.74) is 0.622. The molecule has 30 heavy (non-hydrogen) atoms. The maximum absolute atomic E-state index is 13.2. The van der Waals surface area contributed by atoms with Gasteiger partial charge in [0.05, 0.1) is 22.2 Å². The van der Waals surface area contributed by atoms with Gasteiger partial charge in [-0.3, -0.25) is 4.79 Å². The number of nitrogens with zero attached hydrogens (tertiary/aromatic N) is 4. The maximum Gasteiger partial charge on any atom is 0.418 e. The second-order valence-corrected chi connectivity index (χ2v) is 8.13. The van der Waals surface area contributed by atoms with Crippen molar-refractivity contribution in [3.8, 4) is 5.69 Å². The van der Waals surface area contributed by atoms with Gasteiger partial charge in [0.15, 0.2) is 0 Å². The number of alkyl halides is 3. The lowest BCUT2D eigenvalue weighted by Gasteiger charge is -2.21. The average Bonchev–Trinajstić information content (AvgIpc) is 3.14. The summed E-state index contributed by atoms with van der Waals surface area (Å²) in [6.07, 6.45) is -4.57. The number of nitrogens with one attached hydrogen (secondary N) is 1. The third-order valence-corrected chi connectivity index (χ3v) is 5.78. The Bertz CT molecular complexity index is 1020. The fraction of sp³-hybridized carbons (Fsp3) is 0.300. The Hall–Kier alpha value is -2.88. The van der Waals surface area contributed by atoms with E-state index in [1.807, 2.05) is 45.0 Å². The molecule has 1 aromatic heterocycles.